The zero-order valence-electron chi connectivity index (χ0n) is 17.0. The summed E-state index contributed by atoms with van der Waals surface area (Å²) in [5.74, 6) is 1.83. The van der Waals surface area contributed by atoms with Crippen LogP contribution in [0.3, 0.4) is 0 Å². The van der Waals surface area contributed by atoms with Gasteiger partial charge in [0.1, 0.15) is 6.61 Å². The molecule has 1 N–H and O–H groups in total. The van der Waals surface area contributed by atoms with Gasteiger partial charge >= 0.3 is 0 Å². The Morgan fingerprint density at radius 3 is 2.60 bits per heavy atom. The second kappa shape index (κ2) is 10.7. The molecule has 6 nitrogen and oxygen atoms in total. The summed E-state index contributed by atoms with van der Waals surface area (Å²) in [5.41, 5.74) is 1.84. The molecule has 1 amide bonds. The van der Waals surface area contributed by atoms with E-state index in [-0.39, 0.29) is 5.91 Å². The standard InChI is InChI=1S/C24H24N2O4/c1-3-29-20-13-11-18(16-22(20)28-2)12-14-23(27)26-24-21(10-7-15-25-24)30-17-19-8-5-4-6-9-19/h4-16H,3,17H2,1-2H3,(H,25,26,27)/b14-12+. The molecular weight excluding hydrogens is 380 g/mol. The predicted octanol–water partition coefficient (Wildman–Crippen LogP) is 4.72. The van der Waals surface area contributed by atoms with E-state index in [0.717, 1.165) is 11.1 Å². The van der Waals surface area contributed by atoms with E-state index in [1.807, 2.05) is 55.5 Å². The molecule has 0 radical (unpaired) electrons. The third-order valence-electron chi connectivity index (χ3n) is 4.16. The number of aromatic nitrogens is 1. The van der Waals surface area contributed by atoms with E-state index in [4.69, 9.17) is 14.2 Å². The van der Waals surface area contributed by atoms with Crippen LogP contribution in [0.25, 0.3) is 6.08 Å². The van der Waals surface area contributed by atoms with Crippen molar-refractivity contribution in [2.45, 2.75) is 13.5 Å². The van der Waals surface area contributed by atoms with Crippen LogP contribution >= 0.6 is 0 Å². The molecule has 0 unspecified atom stereocenters. The molecule has 30 heavy (non-hydrogen) atoms. The number of hydrogen-bond acceptors (Lipinski definition) is 5. The fourth-order valence-corrected chi connectivity index (χ4v) is 2.73. The molecule has 0 bridgehead atoms. The van der Waals surface area contributed by atoms with Gasteiger partial charge in [-0.25, -0.2) is 4.98 Å². The first-order chi connectivity index (χ1) is 14.7. The molecule has 6 heteroatoms. The van der Waals surface area contributed by atoms with Crippen molar-refractivity contribution in [2.75, 3.05) is 19.0 Å². The molecule has 0 spiro atoms. The maximum atomic E-state index is 12.4. The molecule has 0 saturated heterocycles. The van der Waals surface area contributed by atoms with Gasteiger partial charge in [-0.2, -0.15) is 0 Å². The number of pyridine rings is 1. The van der Waals surface area contributed by atoms with Gasteiger partial charge in [0, 0.05) is 12.3 Å². The maximum absolute atomic E-state index is 12.4. The molecule has 1 heterocycles. The Balaban J connectivity index is 1.65. The lowest BCUT2D eigenvalue weighted by atomic mass is 10.2. The van der Waals surface area contributed by atoms with Crippen LogP contribution in [0.5, 0.6) is 17.2 Å². The average molecular weight is 404 g/mol. The number of nitrogens with zero attached hydrogens (tertiary/aromatic N) is 1. The van der Waals surface area contributed by atoms with Crippen molar-refractivity contribution in [3.63, 3.8) is 0 Å². The zero-order chi connectivity index (χ0) is 21.2. The van der Waals surface area contributed by atoms with Crippen molar-refractivity contribution < 1.29 is 19.0 Å². The van der Waals surface area contributed by atoms with Crippen LogP contribution in [0.15, 0.2) is 72.9 Å². The van der Waals surface area contributed by atoms with Crippen molar-refractivity contribution in [1.29, 1.82) is 0 Å². The van der Waals surface area contributed by atoms with E-state index in [1.165, 1.54) is 6.08 Å². The molecule has 0 aliphatic rings. The van der Waals surface area contributed by atoms with Crippen LogP contribution in [0.1, 0.15) is 18.1 Å². The van der Waals surface area contributed by atoms with Crippen LogP contribution in [0.2, 0.25) is 0 Å². The highest BCUT2D eigenvalue weighted by Crippen LogP contribution is 2.28. The Bertz CT molecular complexity index is 1000. The highest BCUT2D eigenvalue weighted by molar-refractivity contribution is 6.02. The second-order valence-corrected chi connectivity index (χ2v) is 6.29. The van der Waals surface area contributed by atoms with Crippen molar-refractivity contribution in [2.24, 2.45) is 0 Å². The highest BCUT2D eigenvalue weighted by Gasteiger charge is 2.08. The highest BCUT2D eigenvalue weighted by atomic mass is 16.5. The van der Waals surface area contributed by atoms with Gasteiger partial charge in [0.15, 0.2) is 23.1 Å². The summed E-state index contributed by atoms with van der Waals surface area (Å²) in [5, 5.41) is 2.76. The van der Waals surface area contributed by atoms with Crippen molar-refractivity contribution in [3.8, 4) is 17.2 Å². The van der Waals surface area contributed by atoms with Gasteiger partial charge < -0.3 is 19.5 Å². The summed E-state index contributed by atoms with van der Waals surface area (Å²) in [7, 11) is 1.58. The summed E-state index contributed by atoms with van der Waals surface area (Å²) in [6.45, 7) is 2.84. The Morgan fingerprint density at radius 2 is 1.83 bits per heavy atom. The number of anilines is 1. The molecule has 3 rings (SSSR count). The monoisotopic (exact) mass is 404 g/mol. The third kappa shape index (κ3) is 5.85. The van der Waals surface area contributed by atoms with Gasteiger partial charge in [-0.3, -0.25) is 4.79 Å². The van der Waals surface area contributed by atoms with E-state index in [2.05, 4.69) is 10.3 Å². The second-order valence-electron chi connectivity index (χ2n) is 6.29. The fourth-order valence-electron chi connectivity index (χ4n) is 2.73. The summed E-state index contributed by atoms with van der Waals surface area (Å²) >= 11 is 0. The topological polar surface area (TPSA) is 69.7 Å². The predicted molar refractivity (Wildman–Crippen MR) is 117 cm³/mol. The molecule has 0 fully saturated rings. The van der Waals surface area contributed by atoms with Gasteiger partial charge in [0.05, 0.1) is 13.7 Å². The van der Waals surface area contributed by atoms with Gasteiger partial charge in [0.2, 0.25) is 5.91 Å². The quantitative estimate of drug-likeness (QED) is 0.523. The van der Waals surface area contributed by atoms with Crippen molar-refractivity contribution in [1.82, 2.24) is 4.98 Å². The first kappa shape index (κ1) is 20.9. The van der Waals surface area contributed by atoms with Crippen LogP contribution in [-0.2, 0) is 11.4 Å². The first-order valence-electron chi connectivity index (χ1n) is 9.61. The normalized spacial score (nSPS) is 10.6. The summed E-state index contributed by atoms with van der Waals surface area (Å²) in [4.78, 5) is 16.6. The van der Waals surface area contributed by atoms with E-state index in [1.54, 1.807) is 31.5 Å². The number of methoxy groups -OCH3 is 1. The Kier molecular flexibility index (Phi) is 7.44. The number of hydrogen-bond donors (Lipinski definition) is 1. The molecule has 0 saturated carbocycles. The molecule has 3 aromatic rings. The minimum Gasteiger partial charge on any atom is -0.493 e. The molecule has 0 aliphatic heterocycles. The van der Waals surface area contributed by atoms with Gasteiger partial charge in [-0.1, -0.05) is 36.4 Å². The lowest BCUT2D eigenvalue weighted by molar-refractivity contribution is -0.111. The molecule has 154 valence electrons. The lowest BCUT2D eigenvalue weighted by Gasteiger charge is -2.11. The van der Waals surface area contributed by atoms with Crippen LogP contribution in [-0.4, -0.2) is 24.6 Å². The number of rotatable bonds is 9. The van der Waals surface area contributed by atoms with Gasteiger partial charge in [-0.15, -0.1) is 0 Å². The molecule has 2 aromatic carbocycles. The molecule has 1 aromatic heterocycles. The third-order valence-corrected chi connectivity index (χ3v) is 4.16. The number of carbonyl (C=O) groups excluding carboxylic acids is 1. The minimum atomic E-state index is -0.314. The lowest BCUT2D eigenvalue weighted by Crippen LogP contribution is -2.11. The maximum Gasteiger partial charge on any atom is 0.249 e. The summed E-state index contributed by atoms with van der Waals surface area (Å²) in [6, 6.07) is 18.8. The van der Waals surface area contributed by atoms with Gasteiger partial charge in [-0.05, 0) is 48.4 Å². The number of nitrogens with one attached hydrogen (secondary N) is 1. The average Bonchev–Trinajstić information content (AvgIpc) is 2.78. The van der Waals surface area contributed by atoms with E-state index in [9.17, 15) is 4.79 Å². The van der Waals surface area contributed by atoms with Crippen LogP contribution in [0, 0.1) is 0 Å². The first-order valence-corrected chi connectivity index (χ1v) is 9.61. The summed E-state index contributed by atoms with van der Waals surface area (Å²) < 4.78 is 16.7. The van der Waals surface area contributed by atoms with E-state index >= 15 is 0 Å². The summed E-state index contributed by atoms with van der Waals surface area (Å²) in [6.07, 6.45) is 4.73. The van der Waals surface area contributed by atoms with E-state index in [0.29, 0.717) is 36.3 Å². The smallest absolute Gasteiger partial charge is 0.249 e. The van der Waals surface area contributed by atoms with Crippen LogP contribution < -0.4 is 19.5 Å². The molecule has 0 atom stereocenters. The Labute approximate surface area is 176 Å². The van der Waals surface area contributed by atoms with E-state index < -0.39 is 0 Å². The SMILES string of the molecule is CCOc1ccc(/C=C/C(=O)Nc2ncccc2OCc2ccccc2)cc1OC. The van der Waals surface area contributed by atoms with Crippen molar-refractivity contribution in [3.05, 3.63) is 84.1 Å². The molecule has 0 aliphatic carbocycles. The van der Waals surface area contributed by atoms with Crippen LogP contribution in [0.4, 0.5) is 5.82 Å². The number of amides is 1. The number of ether oxygens (including phenoxy) is 3. The van der Waals surface area contributed by atoms with Crippen molar-refractivity contribution >= 4 is 17.8 Å². The number of benzene rings is 2. The minimum absolute atomic E-state index is 0.314. The molecular formula is C24H24N2O4. The fraction of sp³-hybridized carbons (Fsp3) is 0.167. The Morgan fingerprint density at radius 1 is 1.00 bits per heavy atom. The zero-order valence-corrected chi connectivity index (χ0v) is 17.0. The Hall–Kier alpha value is -3.80. The largest absolute Gasteiger partial charge is 0.493 e. The number of carbonyl (C=O) groups is 1. The van der Waals surface area contributed by atoms with Gasteiger partial charge in [0.25, 0.3) is 0 Å².